The number of hydrogen-bond acceptors (Lipinski definition) is 8. The first-order chi connectivity index (χ1) is 15.9. The zero-order chi connectivity index (χ0) is 23.5. The first-order valence-corrected chi connectivity index (χ1v) is 10.6. The maximum absolute atomic E-state index is 12.0. The predicted octanol–water partition coefficient (Wildman–Crippen LogP) is 2.42. The Labute approximate surface area is 195 Å². The SMILES string of the molecule is C=CC(=O)N1CC(COc2nc(Nc3cn(CC#N)nc3C)nc3[nH]cc(Cl)c23)C(OC)C1. The highest BCUT2D eigenvalue weighted by Gasteiger charge is 2.35. The number of carbonyl (C=O) groups excluding carboxylic acids is 1. The number of nitriles is 1. The van der Waals surface area contributed by atoms with E-state index in [0.717, 1.165) is 0 Å². The van der Waals surface area contributed by atoms with Gasteiger partial charge >= 0.3 is 0 Å². The lowest BCUT2D eigenvalue weighted by Gasteiger charge is -2.17. The molecule has 2 unspecified atom stereocenters. The summed E-state index contributed by atoms with van der Waals surface area (Å²) >= 11 is 6.34. The molecule has 4 rings (SSSR count). The van der Waals surface area contributed by atoms with Crippen molar-refractivity contribution in [3.63, 3.8) is 0 Å². The molecule has 1 aliphatic rings. The Morgan fingerprint density at radius 2 is 2.30 bits per heavy atom. The standard InChI is InChI=1S/C21H23ClN8O3/c1-4-17(31)29-8-13(16(10-29)32-3)11-33-20-18-14(22)7-24-19(18)26-21(27-20)25-15-9-30(6-5-23)28-12(15)2/h4,7,9,13,16H,1,6,8,10-11H2,2-3H3,(H2,24,25,26,27). The summed E-state index contributed by atoms with van der Waals surface area (Å²) in [5.74, 6) is 0.397. The number of aryl methyl sites for hydroxylation is 1. The van der Waals surface area contributed by atoms with Crippen molar-refractivity contribution >= 4 is 40.2 Å². The fraction of sp³-hybridized carbons (Fsp3) is 0.381. The number of anilines is 2. The molecule has 0 radical (unpaired) electrons. The van der Waals surface area contributed by atoms with E-state index in [9.17, 15) is 4.79 Å². The molecule has 0 spiro atoms. The van der Waals surface area contributed by atoms with Crippen LogP contribution in [0.3, 0.4) is 0 Å². The van der Waals surface area contributed by atoms with Crippen LogP contribution in [0.15, 0.2) is 25.0 Å². The molecule has 4 heterocycles. The van der Waals surface area contributed by atoms with Crippen LogP contribution in [0.5, 0.6) is 5.88 Å². The average molecular weight is 471 g/mol. The van der Waals surface area contributed by atoms with Crippen molar-refractivity contribution in [3.8, 4) is 11.9 Å². The van der Waals surface area contributed by atoms with Crippen molar-refractivity contribution in [2.75, 3.05) is 32.1 Å². The first-order valence-electron chi connectivity index (χ1n) is 10.2. The molecule has 1 amide bonds. The number of rotatable bonds is 8. The number of H-pyrrole nitrogens is 1. The normalized spacial score (nSPS) is 17.8. The molecule has 1 saturated heterocycles. The number of ether oxygens (including phenoxy) is 2. The molecule has 12 heteroatoms. The van der Waals surface area contributed by atoms with Crippen LogP contribution in [0, 0.1) is 24.2 Å². The number of methoxy groups -OCH3 is 1. The first kappa shape index (κ1) is 22.6. The van der Waals surface area contributed by atoms with E-state index in [1.807, 2.05) is 6.92 Å². The molecule has 0 aromatic carbocycles. The van der Waals surface area contributed by atoms with Gasteiger partial charge in [-0.1, -0.05) is 18.2 Å². The van der Waals surface area contributed by atoms with Gasteiger partial charge in [0.2, 0.25) is 17.7 Å². The van der Waals surface area contributed by atoms with Gasteiger partial charge < -0.3 is 24.7 Å². The van der Waals surface area contributed by atoms with E-state index in [4.69, 9.17) is 26.3 Å². The number of amides is 1. The quantitative estimate of drug-likeness (QED) is 0.479. The fourth-order valence-corrected chi connectivity index (χ4v) is 4.03. The Bertz CT molecular complexity index is 1230. The molecular formula is C21H23ClN8O3. The molecule has 3 aromatic heterocycles. The maximum atomic E-state index is 12.0. The predicted molar refractivity (Wildman–Crippen MR) is 121 cm³/mol. The van der Waals surface area contributed by atoms with Crippen LogP contribution in [0.1, 0.15) is 5.69 Å². The second kappa shape index (κ2) is 9.48. The van der Waals surface area contributed by atoms with Gasteiger partial charge in [0.05, 0.1) is 46.8 Å². The number of halogens is 1. The Morgan fingerprint density at radius 3 is 3.03 bits per heavy atom. The summed E-state index contributed by atoms with van der Waals surface area (Å²) in [4.78, 5) is 25.7. The van der Waals surface area contributed by atoms with Gasteiger partial charge in [-0.15, -0.1) is 0 Å². The number of likely N-dealkylation sites (tertiary alicyclic amines) is 1. The highest BCUT2D eigenvalue weighted by Crippen LogP contribution is 2.32. The van der Waals surface area contributed by atoms with Crippen LogP contribution < -0.4 is 10.1 Å². The smallest absolute Gasteiger partial charge is 0.246 e. The number of nitrogens with zero attached hydrogens (tertiary/aromatic N) is 6. The highest BCUT2D eigenvalue weighted by atomic mass is 35.5. The highest BCUT2D eigenvalue weighted by molar-refractivity contribution is 6.35. The summed E-state index contributed by atoms with van der Waals surface area (Å²) in [6.45, 7) is 6.73. The summed E-state index contributed by atoms with van der Waals surface area (Å²) in [5.41, 5.74) is 1.87. The van der Waals surface area contributed by atoms with Gasteiger partial charge in [0.25, 0.3) is 0 Å². The van der Waals surface area contributed by atoms with Gasteiger partial charge in [-0.25, -0.2) is 0 Å². The molecule has 2 atom stereocenters. The van der Waals surface area contributed by atoms with Crippen LogP contribution in [-0.4, -0.2) is 68.4 Å². The van der Waals surface area contributed by atoms with E-state index in [1.165, 1.54) is 10.8 Å². The fourth-order valence-electron chi connectivity index (χ4n) is 3.80. The van der Waals surface area contributed by atoms with Crippen molar-refractivity contribution in [2.24, 2.45) is 5.92 Å². The lowest BCUT2D eigenvalue weighted by atomic mass is 10.1. The van der Waals surface area contributed by atoms with E-state index in [2.05, 4.69) is 38.0 Å². The molecule has 1 fully saturated rings. The van der Waals surface area contributed by atoms with Gasteiger partial charge in [0.1, 0.15) is 12.2 Å². The number of aromatic amines is 1. The minimum absolute atomic E-state index is 0.0514. The van der Waals surface area contributed by atoms with Crippen LogP contribution >= 0.6 is 11.6 Å². The number of fused-ring (bicyclic) bond motifs is 1. The number of hydrogen-bond donors (Lipinski definition) is 2. The summed E-state index contributed by atoms with van der Waals surface area (Å²) in [5, 5.41) is 17.3. The lowest BCUT2D eigenvalue weighted by molar-refractivity contribution is -0.125. The molecular weight excluding hydrogens is 448 g/mol. The zero-order valence-corrected chi connectivity index (χ0v) is 19.0. The Kier molecular flexibility index (Phi) is 6.48. The summed E-state index contributed by atoms with van der Waals surface area (Å²) in [6, 6.07) is 2.05. The monoisotopic (exact) mass is 470 g/mol. The van der Waals surface area contributed by atoms with E-state index < -0.39 is 0 Å². The van der Waals surface area contributed by atoms with Gasteiger partial charge in [0, 0.05) is 32.3 Å². The second-order valence-corrected chi connectivity index (χ2v) is 8.02. The number of carbonyl (C=O) groups is 1. The molecule has 2 N–H and O–H groups in total. The molecule has 0 bridgehead atoms. The summed E-state index contributed by atoms with van der Waals surface area (Å²) in [7, 11) is 1.61. The van der Waals surface area contributed by atoms with E-state index in [0.29, 0.717) is 46.4 Å². The lowest BCUT2D eigenvalue weighted by Crippen LogP contribution is -2.28. The van der Waals surface area contributed by atoms with Crippen LogP contribution in [0.25, 0.3) is 11.0 Å². The van der Waals surface area contributed by atoms with Crippen molar-refractivity contribution in [1.29, 1.82) is 5.26 Å². The van der Waals surface area contributed by atoms with Crippen molar-refractivity contribution in [3.05, 3.63) is 35.8 Å². The zero-order valence-electron chi connectivity index (χ0n) is 18.2. The third-order valence-corrected chi connectivity index (χ3v) is 5.78. The second-order valence-electron chi connectivity index (χ2n) is 7.61. The molecule has 11 nitrogen and oxygen atoms in total. The largest absolute Gasteiger partial charge is 0.477 e. The van der Waals surface area contributed by atoms with Gasteiger partial charge in [0.15, 0.2) is 0 Å². The van der Waals surface area contributed by atoms with Crippen LogP contribution in [0.2, 0.25) is 5.02 Å². The molecule has 0 aliphatic carbocycles. The topological polar surface area (TPSA) is 134 Å². The summed E-state index contributed by atoms with van der Waals surface area (Å²) in [6.07, 6.45) is 4.45. The van der Waals surface area contributed by atoms with Gasteiger partial charge in [-0.05, 0) is 13.0 Å². The molecule has 1 aliphatic heterocycles. The van der Waals surface area contributed by atoms with E-state index in [1.54, 1.807) is 24.4 Å². The van der Waals surface area contributed by atoms with Crippen molar-refractivity contribution < 1.29 is 14.3 Å². The Hall–Kier alpha value is -3.62. The number of aromatic nitrogens is 5. The van der Waals surface area contributed by atoms with Gasteiger partial charge in [-0.3, -0.25) is 9.48 Å². The molecule has 33 heavy (non-hydrogen) atoms. The number of nitrogens with one attached hydrogen (secondary N) is 2. The maximum Gasteiger partial charge on any atom is 0.246 e. The van der Waals surface area contributed by atoms with Gasteiger partial charge in [-0.2, -0.15) is 20.3 Å². The average Bonchev–Trinajstić information content (AvgIpc) is 3.49. The third kappa shape index (κ3) is 4.62. The van der Waals surface area contributed by atoms with Crippen molar-refractivity contribution in [1.82, 2.24) is 29.6 Å². The third-order valence-electron chi connectivity index (χ3n) is 5.48. The Morgan fingerprint density at radius 1 is 1.48 bits per heavy atom. The van der Waals surface area contributed by atoms with Crippen LogP contribution in [-0.2, 0) is 16.1 Å². The van der Waals surface area contributed by atoms with Crippen molar-refractivity contribution in [2.45, 2.75) is 19.6 Å². The van der Waals surface area contributed by atoms with Crippen LogP contribution in [0.4, 0.5) is 11.6 Å². The summed E-state index contributed by atoms with van der Waals surface area (Å²) < 4.78 is 13.2. The minimum Gasteiger partial charge on any atom is -0.477 e. The van der Waals surface area contributed by atoms with E-state index in [-0.39, 0.29) is 37.0 Å². The molecule has 172 valence electrons. The minimum atomic E-state index is -0.167. The molecule has 3 aromatic rings. The Balaban J connectivity index is 1.57. The molecule has 0 saturated carbocycles. The van der Waals surface area contributed by atoms with E-state index >= 15 is 0 Å².